The van der Waals surface area contributed by atoms with Crippen molar-refractivity contribution in [2.24, 2.45) is 0 Å². The van der Waals surface area contributed by atoms with E-state index in [1.54, 1.807) is 19.4 Å². The second-order valence-corrected chi connectivity index (χ2v) is 6.70. The minimum absolute atomic E-state index is 0.123. The summed E-state index contributed by atoms with van der Waals surface area (Å²) in [4.78, 5) is 24.4. The maximum Gasteiger partial charge on any atom is 0.418 e. The molecule has 6 nitrogen and oxygen atoms in total. The van der Waals surface area contributed by atoms with E-state index in [9.17, 15) is 9.59 Å². The molecule has 0 saturated heterocycles. The molecule has 29 heavy (non-hydrogen) atoms. The van der Waals surface area contributed by atoms with Gasteiger partial charge in [0, 0.05) is 29.3 Å². The van der Waals surface area contributed by atoms with Crippen LogP contribution in [-0.4, -0.2) is 36.8 Å². The number of benzene rings is 2. The Morgan fingerprint density at radius 1 is 1.10 bits per heavy atom. The first-order valence-corrected chi connectivity index (χ1v) is 9.32. The molecule has 0 bridgehead atoms. The molecular formula is C23H24N2O4. The zero-order chi connectivity index (χ0) is 20.8. The number of aromatic nitrogens is 1. The Morgan fingerprint density at radius 3 is 2.59 bits per heavy atom. The number of hydrogen-bond acceptors (Lipinski definition) is 4. The van der Waals surface area contributed by atoms with Crippen molar-refractivity contribution in [2.75, 3.05) is 14.2 Å². The standard InChI is InChI=1S/C23H24N2O4/c1-16(24-22(26)13-12-17-8-4-7-11-21(17)28-2)14-18-15-25(23(27)29-3)20-10-6-5-9-19(18)20/h4-13,15-16H,14H2,1-3H3,(H,24,26)/t16-/m1/s1. The van der Waals surface area contributed by atoms with Crippen LogP contribution in [0.2, 0.25) is 0 Å². The largest absolute Gasteiger partial charge is 0.496 e. The van der Waals surface area contributed by atoms with Crippen LogP contribution in [0.15, 0.2) is 60.8 Å². The van der Waals surface area contributed by atoms with Crippen LogP contribution in [0, 0.1) is 0 Å². The lowest BCUT2D eigenvalue weighted by Gasteiger charge is -2.12. The predicted molar refractivity (Wildman–Crippen MR) is 113 cm³/mol. The van der Waals surface area contributed by atoms with Crippen LogP contribution >= 0.6 is 0 Å². The molecule has 0 aliphatic heterocycles. The van der Waals surface area contributed by atoms with E-state index in [2.05, 4.69) is 5.32 Å². The van der Waals surface area contributed by atoms with E-state index in [1.807, 2.05) is 55.5 Å². The van der Waals surface area contributed by atoms with Crippen LogP contribution in [-0.2, 0) is 16.0 Å². The van der Waals surface area contributed by atoms with Gasteiger partial charge in [-0.3, -0.25) is 9.36 Å². The number of carbonyl (C=O) groups excluding carboxylic acids is 2. The number of carbonyl (C=O) groups is 2. The second kappa shape index (κ2) is 9.10. The first-order valence-electron chi connectivity index (χ1n) is 9.32. The molecule has 2 aromatic carbocycles. The summed E-state index contributed by atoms with van der Waals surface area (Å²) in [7, 11) is 2.95. The fourth-order valence-electron chi connectivity index (χ4n) is 3.30. The van der Waals surface area contributed by atoms with Gasteiger partial charge in [0.1, 0.15) is 5.75 Å². The van der Waals surface area contributed by atoms with Gasteiger partial charge in [-0.1, -0.05) is 36.4 Å². The van der Waals surface area contributed by atoms with Crippen LogP contribution in [0.25, 0.3) is 17.0 Å². The summed E-state index contributed by atoms with van der Waals surface area (Å²) < 4.78 is 11.6. The average molecular weight is 392 g/mol. The molecular weight excluding hydrogens is 368 g/mol. The zero-order valence-corrected chi connectivity index (χ0v) is 16.7. The SMILES string of the molecule is COC(=O)n1cc(C[C@@H](C)NC(=O)C=Cc2ccccc2OC)c2ccccc21. The third-order valence-corrected chi connectivity index (χ3v) is 4.63. The number of methoxy groups -OCH3 is 2. The van der Waals surface area contributed by atoms with Crippen LogP contribution in [0.1, 0.15) is 18.1 Å². The minimum Gasteiger partial charge on any atom is -0.496 e. The average Bonchev–Trinajstić information content (AvgIpc) is 3.10. The van der Waals surface area contributed by atoms with Crippen molar-refractivity contribution in [3.63, 3.8) is 0 Å². The van der Waals surface area contributed by atoms with E-state index in [4.69, 9.17) is 9.47 Å². The highest BCUT2D eigenvalue weighted by atomic mass is 16.5. The Kier molecular flexibility index (Phi) is 6.34. The third kappa shape index (κ3) is 4.66. The molecule has 1 atom stereocenters. The molecule has 0 aliphatic rings. The van der Waals surface area contributed by atoms with Crippen LogP contribution < -0.4 is 10.1 Å². The number of nitrogens with one attached hydrogen (secondary N) is 1. The predicted octanol–water partition coefficient (Wildman–Crippen LogP) is 4.03. The van der Waals surface area contributed by atoms with Gasteiger partial charge in [-0.25, -0.2) is 4.79 Å². The lowest BCUT2D eigenvalue weighted by molar-refractivity contribution is -0.117. The zero-order valence-electron chi connectivity index (χ0n) is 16.7. The van der Waals surface area contributed by atoms with Crippen molar-refractivity contribution in [1.82, 2.24) is 9.88 Å². The highest BCUT2D eigenvalue weighted by Crippen LogP contribution is 2.23. The summed E-state index contributed by atoms with van der Waals surface area (Å²) in [6, 6.07) is 15.0. The fourth-order valence-corrected chi connectivity index (χ4v) is 3.30. The summed E-state index contributed by atoms with van der Waals surface area (Å²) in [5, 5.41) is 3.92. The maximum absolute atomic E-state index is 12.3. The van der Waals surface area contributed by atoms with Crippen molar-refractivity contribution < 1.29 is 19.1 Å². The normalized spacial score (nSPS) is 12.1. The van der Waals surface area contributed by atoms with Gasteiger partial charge in [0.15, 0.2) is 0 Å². The van der Waals surface area contributed by atoms with Gasteiger partial charge in [0.05, 0.1) is 19.7 Å². The quantitative estimate of drug-likeness (QED) is 0.643. The van der Waals surface area contributed by atoms with Gasteiger partial charge in [-0.2, -0.15) is 0 Å². The van der Waals surface area contributed by atoms with Crippen molar-refractivity contribution in [3.8, 4) is 5.75 Å². The molecule has 3 aromatic rings. The Labute approximate surface area is 169 Å². The van der Waals surface area contributed by atoms with Crippen molar-refractivity contribution in [1.29, 1.82) is 0 Å². The fraction of sp³-hybridized carbons (Fsp3) is 0.217. The second-order valence-electron chi connectivity index (χ2n) is 6.70. The first-order chi connectivity index (χ1) is 14.0. The number of ether oxygens (including phenoxy) is 2. The molecule has 0 unspecified atom stereocenters. The topological polar surface area (TPSA) is 69.6 Å². The molecule has 3 rings (SSSR count). The van der Waals surface area contributed by atoms with E-state index < -0.39 is 6.09 Å². The third-order valence-electron chi connectivity index (χ3n) is 4.63. The van der Waals surface area contributed by atoms with Crippen LogP contribution in [0.5, 0.6) is 5.75 Å². The molecule has 1 heterocycles. The maximum atomic E-state index is 12.3. The molecule has 0 aliphatic carbocycles. The monoisotopic (exact) mass is 392 g/mol. The minimum atomic E-state index is -0.441. The van der Waals surface area contributed by atoms with Crippen molar-refractivity contribution >= 4 is 29.0 Å². The van der Waals surface area contributed by atoms with Gasteiger partial charge in [0.2, 0.25) is 5.91 Å². The Morgan fingerprint density at radius 2 is 1.83 bits per heavy atom. The number of nitrogens with zero attached hydrogens (tertiary/aromatic N) is 1. The van der Waals surface area contributed by atoms with E-state index in [0.29, 0.717) is 12.2 Å². The number of rotatable bonds is 6. The molecule has 6 heteroatoms. The lowest BCUT2D eigenvalue weighted by atomic mass is 10.1. The number of para-hydroxylation sites is 2. The van der Waals surface area contributed by atoms with E-state index in [-0.39, 0.29) is 11.9 Å². The molecule has 0 saturated carbocycles. The smallest absolute Gasteiger partial charge is 0.418 e. The van der Waals surface area contributed by atoms with Crippen LogP contribution in [0.4, 0.5) is 4.79 Å². The number of fused-ring (bicyclic) bond motifs is 1. The Bertz CT molecular complexity index is 1050. The molecule has 1 amide bonds. The summed E-state index contributed by atoms with van der Waals surface area (Å²) in [6.45, 7) is 1.93. The highest BCUT2D eigenvalue weighted by molar-refractivity contribution is 5.93. The van der Waals surface area contributed by atoms with Gasteiger partial charge in [0.25, 0.3) is 0 Å². The molecule has 0 spiro atoms. The van der Waals surface area contributed by atoms with E-state index >= 15 is 0 Å². The highest BCUT2D eigenvalue weighted by Gasteiger charge is 2.16. The summed E-state index contributed by atoms with van der Waals surface area (Å²) in [5.41, 5.74) is 2.58. The first kappa shape index (κ1) is 20.2. The molecule has 0 radical (unpaired) electrons. The molecule has 1 aromatic heterocycles. The Balaban J connectivity index is 1.71. The van der Waals surface area contributed by atoms with E-state index in [0.717, 1.165) is 22.0 Å². The summed E-state index contributed by atoms with van der Waals surface area (Å²) >= 11 is 0. The Hall–Kier alpha value is -3.54. The van der Waals surface area contributed by atoms with Gasteiger partial charge < -0.3 is 14.8 Å². The molecule has 150 valence electrons. The summed E-state index contributed by atoms with van der Waals surface area (Å²) in [5.74, 6) is 0.514. The van der Waals surface area contributed by atoms with Gasteiger partial charge in [-0.05, 0) is 37.1 Å². The van der Waals surface area contributed by atoms with Gasteiger partial charge >= 0.3 is 6.09 Å². The van der Waals surface area contributed by atoms with Crippen molar-refractivity contribution in [3.05, 3.63) is 71.9 Å². The summed E-state index contributed by atoms with van der Waals surface area (Å²) in [6.07, 6.45) is 5.13. The number of hydrogen-bond donors (Lipinski definition) is 1. The lowest BCUT2D eigenvalue weighted by Crippen LogP contribution is -2.32. The van der Waals surface area contributed by atoms with Crippen LogP contribution in [0.3, 0.4) is 0 Å². The molecule has 1 N–H and O–H groups in total. The van der Waals surface area contributed by atoms with Gasteiger partial charge in [-0.15, -0.1) is 0 Å². The van der Waals surface area contributed by atoms with Crippen molar-refractivity contribution in [2.45, 2.75) is 19.4 Å². The molecule has 0 fully saturated rings. The van der Waals surface area contributed by atoms with E-state index in [1.165, 1.54) is 17.8 Å². The number of amides is 1.